The smallest absolute Gasteiger partial charge is 0.217 e. The van der Waals surface area contributed by atoms with E-state index in [1.54, 1.807) is 13.0 Å². The van der Waals surface area contributed by atoms with Crippen molar-refractivity contribution in [1.82, 2.24) is 9.97 Å². The molecule has 13 heavy (non-hydrogen) atoms. The highest BCUT2D eigenvalue weighted by Gasteiger charge is 2.00. The van der Waals surface area contributed by atoms with Gasteiger partial charge in [0, 0.05) is 6.07 Å². The number of hydrogen-bond acceptors (Lipinski definition) is 4. The van der Waals surface area contributed by atoms with E-state index >= 15 is 0 Å². The number of aryl methyl sites for hydroxylation is 1. The van der Waals surface area contributed by atoms with Gasteiger partial charge in [0.15, 0.2) is 0 Å². The summed E-state index contributed by atoms with van der Waals surface area (Å²) >= 11 is 0. The SMILES string of the molecule is CCCOc1cc(C#N)nc(C)n1. The zero-order chi connectivity index (χ0) is 9.68. The largest absolute Gasteiger partial charge is 0.478 e. The molecule has 0 N–H and O–H groups in total. The number of rotatable bonds is 3. The van der Waals surface area contributed by atoms with Crippen LogP contribution < -0.4 is 4.74 Å². The molecule has 1 rings (SSSR count). The second-order valence-corrected chi connectivity index (χ2v) is 2.60. The third kappa shape index (κ3) is 2.71. The molecule has 68 valence electrons. The summed E-state index contributed by atoms with van der Waals surface area (Å²) in [5.74, 6) is 1.04. The van der Waals surface area contributed by atoms with Gasteiger partial charge in [-0.05, 0) is 13.3 Å². The molecule has 1 heterocycles. The van der Waals surface area contributed by atoms with Gasteiger partial charge in [-0.25, -0.2) is 4.98 Å². The fourth-order valence-corrected chi connectivity index (χ4v) is 0.878. The maximum Gasteiger partial charge on any atom is 0.217 e. The van der Waals surface area contributed by atoms with Crippen molar-refractivity contribution < 1.29 is 4.74 Å². The summed E-state index contributed by atoms with van der Waals surface area (Å²) in [5.41, 5.74) is 0.346. The standard InChI is InChI=1S/C9H11N3O/c1-3-4-13-9-5-8(6-10)11-7(2)12-9/h5H,3-4H2,1-2H3. The monoisotopic (exact) mass is 177 g/mol. The lowest BCUT2D eigenvalue weighted by molar-refractivity contribution is 0.304. The predicted octanol–water partition coefficient (Wildman–Crippen LogP) is 1.45. The van der Waals surface area contributed by atoms with Gasteiger partial charge in [-0.1, -0.05) is 6.92 Å². The number of hydrogen-bond donors (Lipinski definition) is 0. The van der Waals surface area contributed by atoms with Crippen molar-refractivity contribution >= 4 is 0 Å². The first-order valence-electron chi connectivity index (χ1n) is 4.15. The first-order chi connectivity index (χ1) is 6.26. The van der Waals surface area contributed by atoms with Crippen LogP contribution >= 0.6 is 0 Å². The summed E-state index contributed by atoms with van der Waals surface area (Å²) in [6, 6.07) is 3.50. The van der Waals surface area contributed by atoms with E-state index in [2.05, 4.69) is 9.97 Å². The molecule has 0 atom stereocenters. The predicted molar refractivity (Wildman–Crippen MR) is 47.3 cm³/mol. The van der Waals surface area contributed by atoms with Crippen molar-refractivity contribution in [2.24, 2.45) is 0 Å². The summed E-state index contributed by atoms with van der Waals surface area (Å²) in [6.07, 6.45) is 0.922. The Morgan fingerprint density at radius 3 is 2.92 bits per heavy atom. The van der Waals surface area contributed by atoms with Gasteiger partial charge in [0.05, 0.1) is 6.61 Å². The molecule has 0 amide bonds. The van der Waals surface area contributed by atoms with Gasteiger partial charge in [-0.2, -0.15) is 10.2 Å². The Morgan fingerprint density at radius 2 is 2.31 bits per heavy atom. The molecule has 1 aromatic heterocycles. The Balaban J connectivity index is 2.83. The fraction of sp³-hybridized carbons (Fsp3) is 0.444. The fourth-order valence-electron chi connectivity index (χ4n) is 0.878. The molecule has 0 aliphatic heterocycles. The van der Waals surface area contributed by atoms with Gasteiger partial charge >= 0.3 is 0 Å². The zero-order valence-electron chi connectivity index (χ0n) is 7.74. The van der Waals surface area contributed by atoms with Gasteiger partial charge in [0.1, 0.15) is 17.6 Å². The van der Waals surface area contributed by atoms with E-state index in [9.17, 15) is 0 Å². The molecule has 0 saturated heterocycles. The van der Waals surface area contributed by atoms with Gasteiger partial charge in [0.25, 0.3) is 0 Å². The molecule has 1 aromatic rings. The molecule has 0 aliphatic carbocycles. The quantitative estimate of drug-likeness (QED) is 0.701. The average Bonchev–Trinajstić information content (AvgIpc) is 2.14. The Labute approximate surface area is 77.2 Å². The van der Waals surface area contributed by atoms with Crippen LogP contribution in [0.4, 0.5) is 0 Å². The summed E-state index contributed by atoms with van der Waals surface area (Å²) in [5, 5.41) is 8.62. The maximum atomic E-state index is 8.62. The van der Waals surface area contributed by atoms with Crippen LogP contribution in [0.3, 0.4) is 0 Å². The highest BCUT2D eigenvalue weighted by Crippen LogP contribution is 2.08. The lowest BCUT2D eigenvalue weighted by atomic mass is 10.4. The maximum absolute atomic E-state index is 8.62. The Hall–Kier alpha value is -1.63. The number of nitriles is 1. The zero-order valence-corrected chi connectivity index (χ0v) is 7.74. The minimum Gasteiger partial charge on any atom is -0.478 e. The van der Waals surface area contributed by atoms with E-state index in [0.29, 0.717) is 24.0 Å². The van der Waals surface area contributed by atoms with Crippen LogP contribution in [0.1, 0.15) is 24.9 Å². The molecule has 0 saturated carbocycles. The molecular formula is C9H11N3O. The van der Waals surface area contributed by atoms with Crippen molar-refractivity contribution in [2.75, 3.05) is 6.61 Å². The molecule has 4 heteroatoms. The van der Waals surface area contributed by atoms with E-state index in [-0.39, 0.29) is 0 Å². The first-order valence-corrected chi connectivity index (χ1v) is 4.15. The topological polar surface area (TPSA) is 58.8 Å². The molecule has 0 unspecified atom stereocenters. The van der Waals surface area contributed by atoms with Crippen LogP contribution in [0.25, 0.3) is 0 Å². The summed E-state index contributed by atoms with van der Waals surface area (Å²) in [6.45, 7) is 4.36. The van der Waals surface area contributed by atoms with Crippen molar-refractivity contribution in [2.45, 2.75) is 20.3 Å². The number of aromatic nitrogens is 2. The molecular weight excluding hydrogens is 166 g/mol. The molecule has 0 aromatic carbocycles. The third-order valence-electron chi connectivity index (χ3n) is 1.38. The molecule has 4 nitrogen and oxygen atoms in total. The number of nitrogens with zero attached hydrogens (tertiary/aromatic N) is 3. The van der Waals surface area contributed by atoms with Crippen LogP contribution in [0.2, 0.25) is 0 Å². The van der Waals surface area contributed by atoms with Gasteiger partial charge in [0.2, 0.25) is 5.88 Å². The van der Waals surface area contributed by atoms with Crippen LogP contribution in [0.15, 0.2) is 6.07 Å². The van der Waals surface area contributed by atoms with Crippen molar-refractivity contribution in [3.8, 4) is 11.9 Å². The van der Waals surface area contributed by atoms with E-state index in [1.807, 2.05) is 13.0 Å². The summed E-state index contributed by atoms with van der Waals surface area (Å²) < 4.78 is 5.28. The third-order valence-corrected chi connectivity index (χ3v) is 1.38. The highest BCUT2D eigenvalue weighted by atomic mass is 16.5. The van der Waals surface area contributed by atoms with E-state index in [1.165, 1.54) is 0 Å². The van der Waals surface area contributed by atoms with E-state index in [4.69, 9.17) is 10.00 Å². The Bertz CT molecular complexity index is 330. The second kappa shape index (κ2) is 4.41. The molecule has 0 aliphatic rings. The summed E-state index contributed by atoms with van der Waals surface area (Å²) in [4.78, 5) is 7.94. The van der Waals surface area contributed by atoms with Crippen LogP contribution in [0.5, 0.6) is 5.88 Å². The Kier molecular flexibility index (Phi) is 3.21. The van der Waals surface area contributed by atoms with Gasteiger partial charge < -0.3 is 4.74 Å². The van der Waals surface area contributed by atoms with Crippen molar-refractivity contribution in [3.05, 3.63) is 17.6 Å². The Morgan fingerprint density at radius 1 is 1.54 bits per heavy atom. The molecule has 0 fully saturated rings. The van der Waals surface area contributed by atoms with Crippen molar-refractivity contribution in [3.63, 3.8) is 0 Å². The first kappa shape index (κ1) is 9.46. The lowest BCUT2D eigenvalue weighted by Crippen LogP contribution is -2.00. The molecule has 0 spiro atoms. The van der Waals surface area contributed by atoms with Crippen molar-refractivity contribution in [1.29, 1.82) is 5.26 Å². The minimum atomic E-state index is 0.346. The van der Waals surface area contributed by atoms with Gasteiger partial charge in [-0.15, -0.1) is 0 Å². The highest BCUT2D eigenvalue weighted by molar-refractivity contribution is 5.25. The van der Waals surface area contributed by atoms with Crippen LogP contribution in [-0.2, 0) is 0 Å². The number of ether oxygens (including phenoxy) is 1. The molecule has 0 radical (unpaired) electrons. The normalized spacial score (nSPS) is 9.31. The minimum absolute atomic E-state index is 0.346. The van der Waals surface area contributed by atoms with E-state index in [0.717, 1.165) is 6.42 Å². The van der Waals surface area contributed by atoms with Crippen LogP contribution in [0, 0.1) is 18.3 Å². The van der Waals surface area contributed by atoms with E-state index < -0.39 is 0 Å². The lowest BCUT2D eigenvalue weighted by Gasteiger charge is -2.03. The van der Waals surface area contributed by atoms with Crippen LogP contribution in [-0.4, -0.2) is 16.6 Å². The average molecular weight is 177 g/mol. The molecule has 0 bridgehead atoms. The van der Waals surface area contributed by atoms with Gasteiger partial charge in [-0.3, -0.25) is 0 Å². The second-order valence-electron chi connectivity index (χ2n) is 2.60. The summed E-state index contributed by atoms with van der Waals surface area (Å²) in [7, 11) is 0.